The largest absolute Gasteiger partial charge is 0.308 e. The Labute approximate surface area is 84.7 Å². The van der Waals surface area contributed by atoms with Crippen LogP contribution < -0.4 is 5.32 Å². The zero-order valence-electron chi connectivity index (χ0n) is 8.90. The summed E-state index contributed by atoms with van der Waals surface area (Å²) in [5.41, 5.74) is 1.24. The third-order valence-electron chi connectivity index (χ3n) is 3.04. The lowest BCUT2D eigenvalue weighted by molar-refractivity contribution is 0.291. The van der Waals surface area contributed by atoms with Gasteiger partial charge in [0, 0.05) is 6.54 Å². The SMILES string of the molecule is CCn1nncc1C1NCCCC1C. The van der Waals surface area contributed by atoms with Gasteiger partial charge in [-0.3, -0.25) is 0 Å². The van der Waals surface area contributed by atoms with Gasteiger partial charge in [0.25, 0.3) is 0 Å². The Morgan fingerprint density at radius 2 is 2.50 bits per heavy atom. The average molecular weight is 194 g/mol. The van der Waals surface area contributed by atoms with Crippen molar-refractivity contribution in [3.63, 3.8) is 0 Å². The molecule has 2 rings (SSSR count). The first-order chi connectivity index (χ1) is 6.83. The van der Waals surface area contributed by atoms with Crippen LogP contribution in [-0.4, -0.2) is 21.5 Å². The highest BCUT2D eigenvalue weighted by Crippen LogP contribution is 2.27. The number of piperidine rings is 1. The molecule has 1 N–H and O–H groups in total. The summed E-state index contributed by atoms with van der Waals surface area (Å²) in [6.45, 7) is 6.42. The van der Waals surface area contributed by atoms with Gasteiger partial charge in [-0.05, 0) is 32.2 Å². The molecular formula is C10H18N4. The molecule has 1 aliphatic rings. The maximum atomic E-state index is 4.07. The molecular weight excluding hydrogens is 176 g/mol. The summed E-state index contributed by atoms with van der Waals surface area (Å²) in [4.78, 5) is 0. The molecule has 0 amide bonds. The number of nitrogens with one attached hydrogen (secondary N) is 1. The number of aromatic nitrogens is 3. The van der Waals surface area contributed by atoms with Gasteiger partial charge in [0.2, 0.25) is 0 Å². The Bertz CT molecular complexity index is 294. The van der Waals surface area contributed by atoms with Crippen molar-refractivity contribution < 1.29 is 0 Å². The minimum atomic E-state index is 0.443. The summed E-state index contributed by atoms with van der Waals surface area (Å²) in [6, 6.07) is 0.443. The lowest BCUT2D eigenvalue weighted by Gasteiger charge is -2.29. The molecule has 78 valence electrons. The van der Waals surface area contributed by atoms with Gasteiger partial charge in [-0.1, -0.05) is 12.1 Å². The van der Waals surface area contributed by atoms with Crippen LogP contribution in [0.5, 0.6) is 0 Å². The maximum Gasteiger partial charge on any atom is 0.0759 e. The van der Waals surface area contributed by atoms with Crippen LogP contribution >= 0.6 is 0 Å². The number of nitrogens with zero attached hydrogens (tertiary/aromatic N) is 3. The Morgan fingerprint density at radius 3 is 3.21 bits per heavy atom. The lowest BCUT2D eigenvalue weighted by Crippen LogP contribution is -2.34. The maximum absolute atomic E-state index is 4.07. The van der Waals surface area contributed by atoms with Crippen LogP contribution in [0.3, 0.4) is 0 Å². The highest BCUT2D eigenvalue weighted by molar-refractivity contribution is 5.05. The standard InChI is InChI=1S/C10H18N4/c1-3-14-9(7-12-13-14)10-8(2)5-4-6-11-10/h7-8,10-11H,3-6H2,1-2H3. The fourth-order valence-corrected chi connectivity index (χ4v) is 2.20. The fraction of sp³-hybridized carbons (Fsp3) is 0.800. The van der Waals surface area contributed by atoms with Crippen LogP contribution in [0.25, 0.3) is 0 Å². The molecule has 14 heavy (non-hydrogen) atoms. The molecule has 1 aromatic heterocycles. The van der Waals surface area contributed by atoms with E-state index < -0.39 is 0 Å². The Hall–Kier alpha value is -0.900. The quantitative estimate of drug-likeness (QED) is 0.773. The van der Waals surface area contributed by atoms with E-state index in [9.17, 15) is 0 Å². The fourth-order valence-electron chi connectivity index (χ4n) is 2.20. The first-order valence-electron chi connectivity index (χ1n) is 5.44. The van der Waals surface area contributed by atoms with E-state index in [4.69, 9.17) is 0 Å². The second-order valence-corrected chi connectivity index (χ2v) is 4.03. The highest BCUT2D eigenvalue weighted by atomic mass is 15.4. The zero-order valence-corrected chi connectivity index (χ0v) is 8.90. The molecule has 2 heterocycles. The van der Waals surface area contributed by atoms with Gasteiger partial charge < -0.3 is 5.32 Å². The van der Waals surface area contributed by atoms with Crippen LogP contribution in [0.4, 0.5) is 0 Å². The summed E-state index contributed by atoms with van der Waals surface area (Å²) in [7, 11) is 0. The van der Waals surface area contributed by atoms with Crippen molar-refractivity contribution in [1.29, 1.82) is 0 Å². The van der Waals surface area contributed by atoms with Crippen LogP contribution in [0.15, 0.2) is 6.20 Å². The van der Waals surface area contributed by atoms with Gasteiger partial charge in [-0.15, -0.1) is 5.10 Å². The highest BCUT2D eigenvalue weighted by Gasteiger charge is 2.25. The number of aryl methyl sites for hydroxylation is 1. The smallest absolute Gasteiger partial charge is 0.0759 e. The number of hydrogen-bond donors (Lipinski definition) is 1. The Balaban J connectivity index is 2.20. The van der Waals surface area contributed by atoms with Gasteiger partial charge in [-0.2, -0.15) is 0 Å². The van der Waals surface area contributed by atoms with E-state index in [0.717, 1.165) is 13.1 Å². The van der Waals surface area contributed by atoms with Gasteiger partial charge in [0.1, 0.15) is 0 Å². The Morgan fingerprint density at radius 1 is 1.64 bits per heavy atom. The van der Waals surface area contributed by atoms with Crippen molar-refractivity contribution in [1.82, 2.24) is 20.3 Å². The van der Waals surface area contributed by atoms with E-state index in [1.165, 1.54) is 18.5 Å². The second-order valence-electron chi connectivity index (χ2n) is 4.03. The molecule has 0 spiro atoms. The molecule has 4 nitrogen and oxygen atoms in total. The van der Waals surface area contributed by atoms with Crippen LogP contribution in [0, 0.1) is 5.92 Å². The minimum absolute atomic E-state index is 0.443. The van der Waals surface area contributed by atoms with E-state index in [1.807, 2.05) is 10.9 Å². The summed E-state index contributed by atoms with van der Waals surface area (Å²) >= 11 is 0. The van der Waals surface area contributed by atoms with Crippen LogP contribution in [0.2, 0.25) is 0 Å². The Kier molecular flexibility index (Phi) is 2.82. The first-order valence-corrected chi connectivity index (χ1v) is 5.44. The van der Waals surface area contributed by atoms with E-state index in [1.54, 1.807) is 0 Å². The van der Waals surface area contributed by atoms with Crippen molar-refractivity contribution in [2.75, 3.05) is 6.54 Å². The van der Waals surface area contributed by atoms with Crippen molar-refractivity contribution in [2.24, 2.45) is 5.92 Å². The minimum Gasteiger partial charge on any atom is -0.308 e. The molecule has 0 aliphatic carbocycles. The van der Waals surface area contributed by atoms with Crippen molar-refractivity contribution in [3.8, 4) is 0 Å². The van der Waals surface area contributed by atoms with Crippen LogP contribution in [-0.2, 0) is 6.54 Å². The third kappa shape index (κ3) is 1.66. The number of hydrogen-bond acceptors (Lipinski definition) is 3. The molecule has 1 fully saturated rings. The van der Waals surface area contributed by atoms with E-state index >= 15 is 0 Å². The molecule has 1 aromatic rings. The van der Waals surface area contributed by atoms with Crippen molar-refractivity contribution in [3.05, 3.63) is 11.9 Å². The summed E-state index contributed by atoms with van der Waals surface area (Å²) < 4.78 is 1.99. The predicted octanol–water partition coefficient (Wildman–Crippen LogP) is 1.36. The molecule has 1 saturated heterocycles. The van der Waals surface area contributed by atoms with Gasteiger partial charge in [-0.25, -0.2) is 4.68 Å². The van der Waals surface area contributed by atoms with Crippen molar-refractivity contribution in [2.45, 2.75) is 39.3 Å². The molecule has 4 heteroatoms. The van der Waals surface area contributed by atoms with E-state index in [2.05, 4.69) is 29.5 Å². The molecule has 0 aromatic carbocycles. The second kappa shape index (κ2) is 4.09. The van der Waals surface area contributed by atoms with E-state index in [-0.39, 0.29) is 0 Å². The molecule has 0 radical (unpaired) electrons. The summed E-state index contributed by atoms with van der Waals surface area (Å²) in [6.07, 6.45) is 4.47. The summed E-state index contributed by atoms with van der Waals surface area (Å²) in [5.74, 6) is 0.688. The summed E-state index contributed by atoms with van der Waals surface area (Å²) in [5, 5.41) is 11.6. The predicted molar refractivity (Wildman–Crippen MR) is 54.8 cm³/mol. The third-order valence-corrected chi connectivity index (χ3v) is 3.04. The molecule has 2 unspecified atom stereocenters. The van der Waals surface area contributed by atoms with Gasteiger partial charge >= 0.3 is 0 Å². The monoisotopic (exact) mass is 194 g/mol. The molecule has 1 aliphatic heterocycles. The molecule has 2 atom stereocenters. The normalized spacial score (nSPS) is 27.9. The van der Waals surface area contributed by atoms with Crippen LogP contribution in [0.1, 0.15) is 38.4 Å². The first kappa shape index (κ1) is 9.65. The zero-order chi connectivity index (χ0) is 9.97. The van der Waals surface area contributed by atoms with Gasteiger partial charge in [0.15, 0.2) is 0 Å². The molecule has 0 saturated carbocycles. The number of rotatable bonds is 2. The molecule has 0 bridgehead atoms. The lowest BCUT2D eigenvalue weighted by atomic mass is 9.91. The van der Waals surface area contributed by atoms with Gasteiger partial charge in [0.05, 0.1) is 17.9 Å². The van der Waals surface area contributed by atoms with E-state index in [0.29, 0.717) is 12.0 Å². The topological polar surface area (TPSA) is 42.7 Å². The average Bonchev–Trinajstić information content (AvgIpc) is 2.66. The van der Waals surface area contributed by atoms with Crippen molar-refractivity contribution >= 4 is 0 Å².